The van der Waals surface area contributed by atoms with Gasteiger partial charge in [-0.3, -0.25) is 9.59 Å². The number of ketones is 1. The van der Waals surface area contributed by atoms with Crippen molar-refractivity contribution in [3.05, 3.63) is 35.9 Å². The van der Waals surface area contributed by atoms with Crippen molar-refractivity contribution in [1.82, 2.24) is 0 Å². The second-order valence-electron chi connectivity index (χ2n) is 4.14. The van der Waals surface area contributed by atoms with E-state index in [4.69, 9.17) is 9.47 Å². The van der Waals surface area contributed by atoms with Crippen LogP contribution in [0, 0.1) is 0 Å². The van der Waals surface area contributed by atoms with Crippen LogP contribution in [0.15, 0.2) is 30.3 Å². The zero-order valence-electron chi connectivity index (χ0n) is 11.0. The quantitative estimate of drug-likeness (QED) is 0.482. The summed E-state index contributed by atoms with van der Waals surface area (Å²) in [4.78, 5) is 22.8. The highest BCUT2D eigenvalue weighted by Gasteiger charge is 2.14. The molecule has 4 nitrogen and oxygen atoms in total. The Balaban J connectivity index is 2.81. The van der Waals surface area contributed by atoms with Crippen LogP contribution >= 0.6 is 0 Å². The number of carbonyl (C=O) groups excluding carboxylic acids is 2. The number of esters is 1. The second kappa shape index (κ2) is 5.10. The molecular weight excluding hydrogens is 244 g/mol. The highest BCUT2D eigenvalue weighted by molar-refractivity contribution is 6.10. The summed E-state index contributed by atoms with van der Waals surface area (Å²) in [6, 6.07) is 8.64. The Morgan fingerprint density at radius 3 is 2.32 bits per heavy atom. The number of carbonyl (C=O) groups is 2. The third kappa shape index (κ3) is 2.42. The molecule has 0 aliphatic heterocycles. The molecule has 0 bridgehead atoms. The number of benzene rings is 2. The van der Waals surface area contributed by atoms with E-state index in [2.05, 4.69) is 0 Å². The van der Waals surface area contributed by atoms with Gasteiger partial charge in [-0.15, -0.1) is 0 Å². The highest BCUT2D eigenvalue weighted by Crippen LogP contribution is 2.36. The molecule has 98 valence electrons. The van der Waals surface area contributed by atoms with E-state index in [0.29, 0.717) is 27.8 Å². The molecule has 0 atom stereocenters. The van der Waals surface area contributed by atoms with Crippen LogP contribution in [0.4, 0.5) is 0 Å². The third-order valence-corrected chi connectivity index (χ3v) is 2.82. The van der Waals surface area contributed by atoms with Crippen molar-refractivity contribution >= 4 is 22.5 Å². The van der Waals surface area contributed by atoms with E-state index in [9.17, 15) is 9.59 Å². The second-order valence-corrected chi connectivity index (χ2v) is 4.14. The van der Waals surface area contributed by atoms with Gasteiger partial charge >= 0.3 is 5.97 Å². The van der Waals surface area contributed by atoms with Crippen LogP contribution in [-0.4, -0.2) is 18.9 Å². The summed E-state index contributed by atoms with van der Waals surface area (Å²) < 4.78 is 10.5. The minimum atomic E-state index is -0.414. The number of fused-ring (bicyclic) bond motifs is 1. The smallest absolute Gasteiger partial charge is 0.308 e. The lowest BCUT2D eigenvalue weighted by molar-refractivity contribution is -0.131. The lowest BCUT2D eigenvalue weighted by Gasteiger charge is -2.12. The highest BCUT2D eigenvalue weighted by atomic mass is 16.5. The van der Waals surface area contributed by atoms with Crippen LogP contribution in [0.2, 0.25) is 0 Å². The molecule has 0 unspecified atom stereocenters. The number of hydrogen-bond acceptors (Lipinski definition) is 4. The first-order chi connectivity index (χ1) is 9.04. The molecule has 0 N–H and O–H groups in total. The van der Waals surface area contributed by atoms with Crippen LogP contribution < -0.4 is 9.47 Å². The predicted octanol–water partition coefficient (Wildman–Crippen LogP) is 2.98. The fourth-order valence-electron chi connectivity index (χ4n) is 2.06. The molecule has 2 aromatic rings. The Bertz CT molecular complexity index is 658. The molecule has 0 heterocycles. The zero-order valence-corrected chi connectivity index (χ0v) is 11.0. The molecule has 0 aromatic heterocycles. The van der Waals surface area contributed by atoms with Crippen molar-refractivity contribution in [2.75, 3.05) is 7.11 Å². The normalized spacial score (nSPS) is 10.3. The van der Waals surface area contributed by atoms with Gasteiger partial charge in [-0.2, -0.15) is 0 Å². The lowest BCUT2D eigenvalue weighted by Crippen LogP contribution is -2.04. The van der Waals surface area contributed by atoms with Gasteiger partial charge in [0, 0.05) is 12.5 Å². The molecule has 0 aliphatic rings. The largest absolute Gasteiger partial charge is 0.496 e. The molecule has 4 heteroatoms. The minimum Gasteiger partial charge on any atom is -0.496 e. The first kappa shape index (κ1) is 13.1. The van der Waals surface area contributed by atoms with Gasteiger partial charge in [0.25, 0.3) is 0 Å². The van der Waals surface area contributed by atoms with Gasteiger partial charge in [0.2, 0.25) is 0 Å². The van der Waals surface area contributed by atoms with Gasteiger partial charge in [0.15, 0.2) is 5.78 Å². The molecule has 2 aromatic carbocycles. The van der Waals surface area contributed by atoms with Gasteiger partial charge in [-0.1, -0.05) is 12.1 Å². The predicted molar refractivity (Wildman–Crippen MR) is 71.8 cm³/mol. The molecule has 0 aliphatic carbocycles. The number of hydrogen-bond donors (Lipinski definition) is 0. The summed E-state index contributed by atoms with van der Waals surface area (Å²) in [6.45, 7) is 2.83. The minimum absolute atomic E-state index is 0.0485. The molecule has 19 heavy (non-hydrogen) atoms. The maximum absolute atomic E-state index is 11.6. The van der Waals surface area contributed by atoms with Gasteiger partial charge in [0.1, 0.15) is 11.5 Å². The van der Waals surface area contributed by atoms with E-state index in [1.54, 1.807) is 24.3 Å². The Kier molecular flexibility index (Phi) is 3.51. The lowest BCUT2D eigenvalue weighted by atomic mass is 10.0. The molecule has 0 fully saturated rings. The molecular formula is C15H14O4. The monoisotopic (exact) mass is 258 g/mol. The van der Waals surface area contributed by atoms with Gasteiger partial charge < -0.3 is 9.47 Å². The topological polar surface area (TPSA) is 52.6 Å². The summed E-state index contributed by atoms with van der Waals surface area (Å²) in [6.07, 6.45) is 0. The summed E-state index contributed by atoms with van der Waals surface area (Å²) in [5.41, 5.74) is 0.574. The SMILES string of the molecule is COc1cccc2c(C(C)=O)ccc(OC(C)=O)c12. The summed E-state index contributed by atoms with van der Waals surface area (Å²) in [5.74, 6) is 0.497. The van der Waals surface area contributed by atoms with Crippen molar-refractivity contribution < 1.29 is 19.1 Å². The fraction of sp³-hybridized carbons (Fsp3) is 0.200. The Hall–Kier alpha value is -2.36. The third-order valence-electron chi connectivity index (χ3n) is 2.82. The Morgan fingerprint density at radius 2 is 1.74 bits per heavy atom. The average molecular weight is 258 g/mol. The standard InChI is InChI=1S/C15H14O4/c1-9(16)11-7-8-14(19-10(2)17)15-12(11)5-4-6-13(15)18-3/h4-8H,1-3H3. The molecule has 2 rings (SSSR count). The van der Waals surface area contributed by atoms with Crippen molar-refractivity contribution in [2.24, 2.45) is 0 Å². The van der Waals surface area contributed by atoms with Crippen molar-refractivity contribution in [1.29, 1.82) is 0 Å². The summed E-state index contributed by atoms with van der Waals surface area (Å²) in [5, 5.41) is 1.35. The van der Waals surface area contributed by atoms with Crippen molar-refractivity contribution in [2.45, 2.75) is 13.8 Å². The maximum atomic E-state index is 11.6. The zero-order chi connectivity index (χ0) is 14.0. The van der Waals surface area contributed by atoms with Crippen LogP contribution in [-0.2, 0) is 4.79 Å². The van der Waals surface area contributed by atoms with E-state index in [1.807, 2.05) is 6.07 Å². The Labute approximate surface area is 110 Å². The average Bonchev–Trinajstić information content (AvgIpc) is 2.37. The van der Waals surface area contributed by atoms with Crippen LogP contribution in [0.3, 0.4) is 0 Å². The van der Waals surface area contributed by atoms with Gasteiger partial charge in [-0.05, 0) is 30.5 Å². The first-order valence-corrected chi connectivity index (χ1v) is 5.83. The van der Waals surface area contributed by atoms with E-state index >= 15 is 0 Å². The van der Waals surface area contributed by atoms with Crippen LogP contribution in [0.1, 0.15) is 24.2 Å². The number of methoxy groups -OCH3 is 1. The molecule has 0 radical (unpaired) electrons. The van der Waals surface area contributed by atoms with Crippen LogP contribution in [0.5, 0.6) is 11.5 Å². The van der Waals surface area contributed by atoms with Gasteiger partial charge in [0.05, 0.1) is 12.5 Å². The van der Waals surface area contributed by atoms with E-state index < -0.39 is 5.97 Å². The first-order valence-electron chi connectivity index (χ1n) is 5.83. The van der Waals surface area contributed by atoms with Crippen LogP contribution in [0.25, 0.3) is 10.8 Å². The maximum Gasteiger partial charge on any atom is 0.308 e. The van der Waals surface area contributed by atoms with E-state index in [0.717, 1.165) is 0 Å². The van der Waals surface area contributed by atoms with Gasteiger partial charge in [-0.25, -0.2) is 0 Å². The van der Waals surface area contributed by atoms with Crippen molar-refractivity contribution in [3.8, 4) is 11.5 Å². The number of rotatable bonds is 3. The number of ether oxygens (including phenoxy) is 2. The van der Waals surface area contributed by atoms with Crippen molar-refractivity contribution in [3.63, 3.8) is 0 Å². The van der Waals surface area contributed by atoms with E-state index in [1.165, 1.54) is 21.0 Å². The molecule has 0 saturated carbocycles. The fourth-order valence-corrected chi connectivity index (χ4v) is 2.06. The summed E-state index contributed by atoms with van der Waals surface area (Å²) >= 11 is 0. The summed E-state index contributed by atoms with van der Waals surface area (Å²) in [7, 11) is 1.53. The molecule has 0 saturated heterocycles. The molecule has 0 amide bonds. The molecule has 0 spiro atoms. The van der Waals surface area contributed by atoms with E-state index in [-0.39, 0.29) is 5.78 Å². The Morgan fingerprint density at radius 1 is 1.00 bits per heavy atom. The number of Topliss-reactive ketones (excluding diaryl/α,β-unsaturated/α-hetero) is 1.